The van der Waals surface area contributed by atoms with E-state index in [-0.39, 0.29) is 0 Å². The Labute approximate surface area is 93.5 Å². The molecule has 0 fully saturated rings. The van der Waals surface area contributed by atoms with Crippen LogP contribution < -0.4 is 5.73 Å². The molecule has 1 aromatic heterocycles. The number of aryl methyl sites for hydroxylation is 1. The van der Waals surface area contributed by atoms with E-state index >= 15 is 0 Å². The summed E-state index contributed by atoms with van der Waals surface area (Å²) in [6.45, 7) is 2.41. The average molecular weight is 222 g/mol. The van der Waals surface area contributed by atoms with Crippen molar-refractivity contribution in [2.45, 2.75) is 13.5 Å². The van der Waals surface area contributed by atoms with Crippen LogP contribution in [0.2, 0.25) is 5.02 Å². The molecule has 0 atom stereocenters. The molecule has 0 aliphatic carbocycles. The summed E-state index contributed by atoms with van der Waals surface area (Å²) in [7, 11) is 0. The van der Waals surface area contributed by atoms with Gasteiger partial charge in [-0.3, -0.25) is 0 Å². The minimum absolute atomic E-state index is 0.359. The highest BCUT2D eigenvalue weighted by Gasteiger charge is 2.05. The average Bonchev–Trinajstić information content (AvgIpc) is 2.61. The minimum atomic E-state index is 0.359. The highest BCUT2D eigenvalue weighted by molar-refractivity contribution is 6.31. The van der Waals surface area contributed by atoms with Crippen molar-refractivity contribution in [1.29, 1.82) is 0 Å². The predicted octanol–water partition coefficient (Wildman–Crippen LogP) is 2.29. The Hall–Kier alpha value is -1.32. The maximum Gasteiger partial charge on any atom is 0.0950 e. The standard InChI is InChI=1S/C11H12ClN3/c1-8-2-4-9(5-3-8)15-7-10(12)11(6-13)14-15/h2-5,7H,6,13H2,1H3. The number of hydrogen-bond acceptors (Lipinski definition) is 2. The maximum absolute atomic E-state index is 5.96. The van der Waals surface area contributed by atoms with Crippen molar-refractivity contribution in [3.8, 4) is 5.69 Å². The number of rotatable bonds is 2. The summed E-state index contributed by atoms with van der Waals surface area (Å²) >= 11 is 5.96. The molecule has 1 aromatic carbocycles. The number of benzene rings is 1. The smallest absolute Gasteiger partial charge is 0.0950 e. The Morgan fingerprint density at radius 2 is 2.00 bits per heavy atom. The number of hydrogen-bond donors (Lipinski definition) is 1. The van der Waals surface area contributed by atoms with E-state index in [0.717, 1.165) is 11.4 Å². The van der Waals surface area contributed by atoms with Crippen LogP contribution >= 0.6 is 11.6 Å². The second-order valence-electron chi connectivity index (χ2n) is 3.41. The second kappa shape index (κ2) is 4.04. The molecule has 0 amide bonds. The van der Waals surface area contributed by atoms with Crippen molar-refractivity contribution in [3.05, 3.63) is 46.7 Å². The molecular formula is C11H12ClN3. The van der Waals surface area contributed by atoms with Crippen molar-refractivity contribution in [3.63, 3.8) is 0 Å². The largest absolute Gasteiger partial charge is 0.325 e. The third kappa shape index (κ3) is 2.03. The molecule has 4 heteroatoms. The van der Waals surface area contributed by atoms with Gasteiger partial charge >= 0.3 is 0 Å². The molecule has 0 radical (unpaired) electrons. The van der Waals surface area contributed by atoms with Gasteiger partial charge in [0.2, 0.25) is 0 Å². The summed E-state index contributed by atoms with van der Waals surface area (Å²) in [5, 5.41) is 4.90. The van der Waals surface area contributed by atoms with Crippen LogP contribution in [0.5, 0.6) is 0 Å². The summed E-state index contributed by atoms with van der Waals surface area (Å²) in [6, 6.07) is 8.07. The minimum Gasteiger partial charge on any atom is -0.325 e. The van der Waals surface area contributed by atoms with E-state index in [1.165, 1.54) is 5.56 Å². The molecule has 0 saturated heterocycles. The number of nitrogens with two attached hydrogens (primary N) is 1. The van der Waals surface area contributed by atoms with Crippen molar-refractivity contribution in [2.24, 2.45) is 5.73 Å². The van der Waals surface area contributed by atoms with E-state index in [1.54, 1.807) is 10.9 Å². The zero-order valence-electron chi connectivity index (χ0n) is 8.44. The van der Waals surface area contributed by atoms with Crippen LogP contribution in [0.4, 0.5) is 0 Å². The van der Waals surface area contributed by atoms with Gasteiger partial charge in [0.25, 0.3) is 0 Å². The van der Waals surface area contributed by atoms with E-state index in [4.69, 9.17) is 17.3 Å². The Morgan fingerprint density at radius 3 is 2.53 bits per heavy atom. The van der Waals surface area contributed by atoms with E-state index in [2.05, 4.69) is 5.10 Å². The fourth-order valence-electron chi connectivity index (χ4n) is 1.36. The van der Waals surface area contributed by atoms with Crippen molar-refractivity contribution in [2.75, 3.05) is 0 Å². The van der Waals surface area contributed by atoms with Gasteiger partial charge in [0, 0.05) is 12.7 Å². The van der Waals surface area contributed by atoms with Gasteiger partial charge in [-0.05, 0) is 19.1 Å². The molecule has 2 aromatic rings. The lowest BCUT2D eigenvalue weighted by molar-refractivity contribution is 0.833. The first kappa shape index (κ1) is 10.2. The Kier molecular flexibility index (Phi) is 2.75. The number of nitrogens with zero attached hydrogens (tertiary/aromatic N) is 2. The first-order chi connectivity index (χ1) is 7.20. The van der Waals surface area contributed by atoms with Crippen LogP contribution in [0.3, 0.4) is 0 Å². The van der Waals surface area contributed by atoms with Gasteiger partial charge in [0.05, 0.1) is 16.4 Å². The van der Waals surface area contributed by atoms with Crippen LogP contribution in [0, 0.1) is 6.92 Å². The highest BCUT2D eigenvalue weighted by Crippen LogP contribution is 2.16. The second-order valence-corrected chi connectivity index (χ2v) is 3.82. The van der Waals surface area contributed by atoms with Gasteiger partial charge in [-0.15, -0.1) is 0 Å². The van der Waals surface area contributed by atoms with Gasteiger partial charge in [0.15, 0.2) is 0 Å². The molecule has 0 aliphatic heterocycles. The zero-order chi connectivity index (χ0) is 10.8. The van der Waals surface area contributed by atoms with Crippen LogP contribution in [0.1, 0.15) is 11.3 Å². The fraction of sp³-hybridized carbons (Fsp3) is 0.182. The summed E-state index contributed by atoms with van der Waals surface area (Å²) in [5.41, 5.74) is 8.43. The molecule has 15 heavy (non-hydrogen) atoms. The molecule has 1 heterocycles. The van der Waals surface area contributed by atoms with Gasteiger partial charge in [-0.25, -0.2) is 4.68 Å². The third-order valence-electron chi connectivity index (χ3n) is 2.23. The van der Waals surface area contributed by atoms with Crippen LogP contribution in [0.25, 0.3) is 5.69 Å². The third-order valence-corrected chi connectivity index (χ3v) is 2.55. The molecule has 78 valence electrons. The molecule has 3 nitrogen and oxygen atoms in total. The lowest BCUT2D eigenvalue weighted by Gasteiger charge is -2.00. The van der Waals surface area contributed by atoms with Gasteiger partial charge in [0.1, 0.15) is 0 Å². The van der Waals surface area contributed by atoms with Gasteiger partial charge in [-0.1, -0.05) is 29.3 Å². The Morgan fingerprint density at radius 1 is 1.33 bits per heavy atom. The maximum atomic E-state index is 5.96. The first-order valence-electron chi connectivity index (χ1n) is 4.72. The van der Waals surface area contributed by atoms with E-state index in [9.17, 15) is 0 Å². The molecule has 0 bridgehead atoms. The fourth-order valence-corrected chi connectivity index (χ4v) is 1.56. The monoisotopic (exact) mass is 221 g/mol. The van der Waals surface area contributed by atoms with Gasteiger partial charge < -0.3 is 5.73 Å². The van der Waals surface area contributed by atoms with Gasteiger partial charge in [-0.2, -0.15) is 5.10 Å². The van der Waals surface area contributed by atoms with Crippen LogP contribution in [0.15, 0.2) is 30.5 Å². The Balaban J connectivity index is 2.41. The van der Waals surface area contributed by atoms with E-state index in [0.29, 0.717) is 11.6 Å². The highest BCUT2D eigenvalue weighted by atomic mass is 35.5. The topological polar surface area (TPSA) is 43.8 Å². The molecule has 0 aliphatic rings. The van der Waals surface area contributed by atoms with Crippen molar-refractivity contribution >= 4 is 11.6 Å². The summed E-state index contributed by atoms with van der Waals surface area (Å²) in [4.78, 5) is 0. The van der Waals surface area contributed by atoms with Crippen molar-refractivity contribution < 1.29 is 0 Å². The predicted molar refractivity (Wildman–Crippen MR) is 61.2 cm³/mol. The Bertz CT molecular complexity index is 459. The normalized spacial score (nSPS) is 10.6. The van der Waals surface area contributed by atoms with E-state index < -0.39 is 0 Å². The number of aromatic nitrogens is 2. The van der Waals surface area contributed by atoms with Crippen LogP contribution in [-0.2, 0) is 6.54 Å². The van der Waals surface area contributed by atoms with Crippen LogP contribution in [-0.4, -0.2) is 9.78 Å². The number of halogens is 1. The molecular weight excluding hydrogens is 210 g/mol. The lowest BCUT2D eigenvalue weighted by atomic mass is 10.2. The summed E-state index contributed by atoms with van der Waals surface area (Å²) in [6.07, 6.45) is 1.77. The first-order valence-corrected chi connectivity index (χ1v) is 5.09. The van der Waals surface area contributed by atoms with E-state index in [1.807, 2.05) is 31.2 Å². The zero-order valence-corrected chi connectivity index (χ0v) is 9.20. The molecule has 2 N–H and O–H groups in total. The molecule has 0 unspecified atom stereocenters. The molecule has 0 saturated carbocycles. The summed E-state index contributed by atoms with van der Waals surface area (Å²) < 4.78 is 1.74. The lowest BCUT2D eigenvalue weighted by Crippen LogP contribution is -2.00. The summed E-state index contributed by atoms with van der Waals surface area (Å²) in [5.74, 6) is 0. The quantitative estimate of drug-likeness (QED) is 0.846. The SMILES string of the molecule is Cc1ccc(-n2cc(Cl)c(CN)n2)cc1. The molecule has 0 spiro atoms. The molecule has 2 rings (SSSR count). The van der Waals surface area contributed by atoms with Crippen molar-refractivity contribution in [1.82, 2.24) is 9.78 Å².